The molecule has 3 saturated carbocycles. The SMILES string of the molecule is C=C1CC[C@@H]2O[C@@]23CCC[C@@H](C3)[C@]2(COC)[C@@H]1CC2(C)C. The molecular formula is C19H30O2. The minimum absolute atomic E-state index is 0.241. The molecule has 0 aromatic heterocycles. The summed E-state index contributed by atoms with van der Waals surface area (Å²) in [6.07, 6.45) is 9.43. The van der Waals surface area contributed by atoms with Crippen molar-refractivity contribution in [2.45, 2.75) is 70.5 Å². The third kappa shape index (κ3) is 1.72. The van der Waals surface area contributed by atoms with Crippen LogP contribution in [0.1, 0.15) is 58.8 Å². The van der Waals surface area contributed by atoms with Crippen LogP contribution in [0.5, 0.6) is 0 Å². The van der Waals surface area contributed by atoms with Crippen molar-refractivity contribution in [3.05, 3.63) is 12.2 Å². The lowest BCUT2D eigenvalue weighted by molar-refractivity contribution is -0.193. The van der Waals surface area contributed by atoms with Gasteiger partial charge in [0.25, 0.3) is 0 Å². The van der Waals surface area contributed by atoms with Gasteiger partial charge in [0.15, 0.2) is 0 Å². The minimum atomic E-state index is 0.241. The number of fused-ring (bicyclic) bond motifs is 3. The van der Waals surface area contributed by atoms with Crippen LogP contribution in [0.2, 0.25) is 0 Å². The predicted molar refractivity (Wildman–Crippen MR) is 84.1 cm³/mol. The van der Waals surface area contributed by atoms with Gasteiger partial charge in [0.05, 0.1) is 18.3 Å². The second-order valence-electron chi connectivity index (χ2n) is 8.78. The first kappa shape index (κ1) is 14.3. The molecule has 2 nitrogen and oxygen atoms in total. The molecule has 21 heavy (non-hydrogen) atoms. The van der Waals surface area contributed by atoms with E-state index in [0.717, 1.165) is 18.9 Å². The Kier molecular flexibility index (Phi) is 2.96. The number of epoxide rings is 1. The molecule has 0 radical (unpaired) electrons. The first-order valence-electron chi connectivity index (χ1n) is 8.80. The average molecular weight is 290 g/mol. The van der Waals surface area contributed by atoms with Gasteiger partial charge in [-0.25, -0.2) is 0 Å². The molecule has 0 aromatic carbocycles. The zero-order valence-corrected chi connectivity index (χ0v) is 13.9. The van der Waals surface area contributed by atoms with E-state index in [-0.39, 0.29) is 5.60 Å². The number of hydrogen-bond acceptors (Lipinski definition) is 2. The molecule has 1 spiro atoms. The lowest BCUT2D eigenvalue weighted by Gasteiger charge is -2.66. The summed E-state index contributed by atoms with van der Waals surface area (Å²) >= 11 is 0. The predicted octanol–water partition coefficient (Wildman–Crippen LogP) is 4.34. The van der Waals surface area contributed by atoms with Crippen LogP contribution in [-0.2, 0) is 9.47 Å². The van der Waals surface area contributed by atoms with Crippen molar-refractivity contribution in [3.63, 3.8) is 0 Å². The zero-order chi connectivity index (χ0) is 14.9. The minimum Gasteiger partial charge on any atom is -0.384 e. The Morgan fingerprint density at radius 1 is 1.29 bits per heavy atom. The highest BCUT2D eigenvalue weighted by molar-refractivity contribution is 5.25. The van der Waals surface area contributed by atoms with E-state index < -0.39 is 0 Å². The lowest BCUT2D eigenvalue weighted by Crippen LogP contribution is -2.63. The Bertz CT molecular complexity index is 468. The molecule has 4 rings (SSSR count). The molecule has 2 heteroatoms. The van der Waals surface area contributed by atoms with E-state index >= 15 is 0 Å². The molecule has 4 aliphatic rings. The Hall–Kier alpha value is -0.340. The molecule has 0 unspecified atom stereocenters. The number of ether oxygens (including phenoxy) is 2. The van der Waals surface area contributed by atoms with E-state index in [2.05, 4.69) is 20.4 Å². The Labute approximate surface area is 129 Å². The molecule has 0 N–H and O–H groups in total. The van der Waals surface area contributed by atoms with Gasteiger partial charge in [-0.2, -0.15) is 0 Å². The maximum Gasteiger partial charge on any atom is 0.0951 e. The van der Waals surface area contributed by atoms with Gasteiger partial charge in [0.2, 0.25) is 0 Å². The molecule has 0 amide bonds. The third-order valence-corrected chi connectivity index (χ3v) is 7.58. The standard InChI is InChI=1S/C19H30O2/c1-13-7-8-16-18(21-16)9-5-6-14(10-18)19(12-20-4)15(13)11-17(19,2)3/h14-16H,1,5-12H2,2-4H3/t14-,15+,16-,18+,19+/m0/s1. The molecule has 118 valence electrons. The van der Waals surface area contributed by atoms with Crippen LogP contribution in [-0.4, -0.2) is 25.4 Å². The van der Waals surface area contributed by atoms with Crippen molar-refractivity contribution >= 4 is 0 Å². The first-order valence-corrected chi connectivity index (χ1v) is 8.80. The summed E-state index contributed by atoms with van der Waals surface area (Å²) in [5.74, 6) is 1.42. The maximum absolute atomic E-state index is 6.22. The van der Waals surface area contributed by atoms with Gasteiger partial charge >= 0.3 is 0 Å². The van der Waals surface area contributed by atoms with Crippen LogP contribution in [0.25, 0.3) is 0 Å². The monoisotopic (exact) mass is 290 g/mol. The summed E-state index contributed by atoms with van der Waals surface area (Å²) in [6.45, 7) is 10.3. The van der Waals surface area contributed by atoms with Gasteiger partial charge < -0.3 is 9.47 Å². The summed E-state index contributed by atoms with van der Waals surface area (Å²) in [4.78, 5) is 0. The molecule has 4 fully saturated rings. The number of hydrogen-bond donors (Lipinski definition) is 0. The molecule has 5 atom stereocenters. The number of methoxy groups -OCH3 is 1. The van der Waals surface area contributed by atoms with E-state index in [1.807, 2.05) is 7.11 Å². The highest BCUT2D eigenvalue weighted by Gasteiger charge is 2.69. The van der Waals surface area contributed by atoms with Crippen LogP contribution >= 0.6 is 0 Å². The Balaban J connectivity index is 1.76. The normalized spacial score (nSPS) is 50.8. The van der Waals surface area contributed by atoms with E-state index in [9.17, 15) is 0 Å². The van der Waals surface area contributed by atoms with Gasteiger partial charge in [-0.3, -0.25) is 0 Å². The smallest absolute Gasteiger partial charge is 0.0951 e. The van der Waals surface area contributed by atoms with Crippen molar-refractivity contribution in [1.82, 2.24) is 0 Å². The van der Waals surface area contributed by atoms with E-state index in [0.29, 0.717) is 22.9 Å². The first-order chi connectivity index (χ1) is 9.95. The van der Waals surface area contributed by atoms with E-state index in [1.54, 1.807) is 0 Å². The van der Waals surface area contributed by atoms with Gasteiger partial charge in [-0.1, -0.05) is 32.4 Å². The van der Waals surface area contributed by atoms with E-state index in [1.165, 1.54) is 44.1 Å². The molecule has 1 saturated heterocycles. The molecular weight excluding hydrogens is 260 g/mol. The summed E-state index contributed by atoms with van der Waals surface area (Å²) in [6, 6.07) is 0. The van der Waals surface area contributed by atoms with Crippen molar-refractivity contribution in [3.8, 4) is 0 Å². The summed E-state index contributed by atoms with van der Waals surface area (Å²) < 4.78 is 12.0. The van der Waals surface area contributed by atoms with Gasteiger partial charge in [0.1, 0.15) is 0 Å². The van der Waals surface area contributed by atoms with Crippen molar-refractivity contribution in [2.75, 3.05) is 13.7 Å². The van der Waals surface area contributed by atoms with Gasteiger partial charge in [0, 0.05) is 12.5 Å². The lowest BCUT2D eigenvalue weighted by atomic mass is 9.38. The fraction of sp³-hybridized carbons (Fsp3) is 0.895. The van der Waals surface area contributed by atoms with Crippen LogP contribution in [0, 0.1) is 22.7 Å². The Morgan fingerprint density at radius 3 is 2.81 bits per heavy atom. The molecule has 3 aliphatic carbocycles. The van der Waals surface area contributed by atoms with Gasteiger partial charge in [-0.05, 0) is 55.8 Å². The fourth-order valence-corrected chi connectivity index (χ4v) is 6.39. The summed E-state index contributed by atoms with van der Waals surface area (Å²) in [5, 5.41) is 0. The molecule has 1 aliphatic heterocycles. The fourth-order valence-electron chi connectivity index (χ4n) is 6.39. The quantitative estimate of drug-likeness (QED) is 0.557. The largest absolute Gasteiger partial charge is 0.384 e. The molecule has 2 bridgehead atoms. The van der Waals surface area contributed by atoms with Crippen molar-refractivity contribution in [2.24, 2.45) is 22.7 Å². The second-order valence-corrected chi connectivity index (χ2v) is 8.78. The van der Waals surface area contributed by atoms with Crippen LogP contribution in [0.3, 0.4) is 0 Å². The number of rotatable bonds is 2. The highest BCUT2D eigenvalue weighted by atomic mass is 16.6. The van der Waals surface area contributed by atoms with E-state index in [4.69, 9.17) is 9.47 Å². The highest BCUT2D eigenvalue weighted by Crippen LogP contribution is 2.71. The van der Waals surface area contributed by atoms with Gasteiger partial charge in [-0.15, -0.1) is 0 Å². The van der Waals surface area contributed by atoms with Crippen LogP contribution in [0.4, 0.5) is 0 Å². The number of allylic oxidation sites excluding steroid dienone is 1. The third-order valence-electron chi connectivity index (χ3n) is 7.58. The average Bonchev–Trinajstić information content (AvgIpc) is 3.10. The molecule has 0 aromatic rings. The van der Waals surface area contributed by atoms with Crippen molar-refractivity contribution in [1.29, 1.82) is 0 Å². The summed E-state index contributed by atoms with van der Waals surface area (Å²) in [5.41, 5.74) is 2.39. The maximum atomic E-state index is 6.22. The topological polar surface area (TPSA) is 21.8 Å². The summed E-state index contributed by atoms with van der Waals surface area (Å²) in [7, 11) is 1.88. The Morgan fingerprint density at radius 2 is 2.10 bits per heavy atom. The second kappa shape index (κ2) is 4.35. The molecule has 1 heterocycles. The van der Waals surface area contributed by atoms with Crippen molar-refractivity contribution < 1.29 is 9.47 Å². The zero-order valence-electron chi connectivity index (χ0n) is 13.9. The van der Waals surface area contributed by atoms with Crippen LogP contribution in [0.15, 0.2) is 12.2 Å². The van der Waals surface area contributed by atoms with Crippen LogP contribution < -0.4 is 0 Å².